The first-order chi connectivity index (χ1) is 8.58. The number of carbonyl (C=O) groups is 1. The van der Waals surface area contributed by atoms with E-state index in [9.17, 15) is 4.79 Å². The predicted molar refractivity (Wildman–Crippen MR) is 69.2 cm³/mol. The summed E-state index contributed by atoms with van der Waals surface area (Å²) in [6.07, 6.45) is 3.59. The van der Waals surface area contributed by atoms with Gasteiger partial charge in [-0.05, 0) is 26.2 Å². The van der Waals surface area contributed by atoms with E-state index in [0.717, 1.165) is 31.6 Å². The zero-order chi connectivity index (χ0) is 13.1. The molecular formula is C12H20N4O2. The second-order valence-corrected chi connectivity index (χ2v) is 4.71. The maximum atomic E-state index is 11.9. The molecular weight excluding hydrogens is 232 g/mol. The Balaban J connectivity index is 1.94. The Labute approximate surface area is 106 Å². The summed E-state index contributed by atoms with van der Waals surface area (Å²) in [6, 6.07) is 0. The topological polar surface area (TPSA) is 82.2 Å². The van der Waals surface area contributed by atoms with E-state index in [4.69, 9.17) is 10.5 Å². The Hall–Kier alpha value is -1.56. The van der Waals surface area contributed by atoms with Crippen LogP contribution in [0.3, 0.4) is 0 Å². The molecule has 0 saturated carbocycles. The summed E-state index contributed by atoms with van der Waals surface area (Å²) in [5, 5.41) is 6.96. The summed E-state index contributed by atoms with van der Waals surface area (Å²) in [5.41, 5.74) is 7.10. The van der Waals surface area contributed by atoms with Crippen molar-refractivity contribution in [2.24, 2.45) is 7.05 Å². The van der Waals surface area contributed by atoms with Crippen LogP contribution in [0.2, 0.25) is 0 Å². The van der Waals surface area contributed by atoms with E-state index in [1.165, 1.54) is 0 Å². The van der Waals surface area contributed by atoms with Crippen LogP contribution in [0.1, 0.15) is 31.4 Å². The SMILES string of the molecule is Cc1nn(C)c(NC(=O)CC2CCCCO2)c1N. The third-order valence-corrected chi connectivity index (χ3v) is 3.21. The van der Waals surface area contributed by atoms with Gasteiger partial charge in [-0.3, -0.25) is 9.48 Å². The summed E-state index contributed by atoms with van der Waals surface area (Å²) in [5.74, 6) is 0.491. The van der Waals surface area contributed by atoms with Gasteiger partial charge in [-0.25, -0.2) is 0 Å². The number of amides is 1. The van der Waals surface area contributed by atoms with Crippen molar-refractivity contribution in [3.05, 3.63) is 5.69 Å². The molecule has 0 spiro atoms. The lowest BCUT2D eigenvalue weighted by atomic mass is 10.1. The zero-order valence-electron chi connectivity index (χ0n) is 10.9. The van der Waals surface area contributed by atoms with E-state index in [2.05, 4.69) is 10.4 Å². The second-order valence-electron chi connectivity index (χ2n) is 4.71. The molecule has 1 unspecified atom stereocenters. The van der Waals surface area contributed by atoms with Crippen LogP contribution in [0.15, 0.2) is 0 Å². The van der Waals surface area contributed by atoms with Crippen LogP contribution >= 0.6 is 0 Å². The smallest absolute Gasteiger partial charge is 0.228 e. The van der Waals surface area contributed by atoms with Crippen molar-refractivity contribution < 1.29 is 9.53 Å². The average Bonchev–Trinajstić information content (AvgIpc) is 2.57. The molecule has 18 heavy (non-hydrogen) atoms. The minimum atomic E-state index is -0.0726. The van der Waals surface area contributed by atoms with E-state index in [0.29, 0.717) is 17.9 Å². The first-order valence-electron chi connectivity index (χ1n) is 6.28. The maximum absolute atomic E-state index is 11.9. The first-order valence-corrected chi connectivity index (χ1v) is 6.28. The highest BCUT2D eigenvalue weighted by Crippen LogP contribution is 2.22. The summed E-state index contributed by atoms with van der Waals surface area (Å²) in [4.78, 5) is 11.9. The number of nitrogen functional groups attached to an aromatic ring is 1. The molecule has 3 N–H and O–H groups in total. The predicted octanol–water partition coefficient (Wildman–Crippen LogP) is 1.21. The van der Waals surface area contributed by atoms with E-state index in [1.807, 2.05) is 6.92 Å². The number of anilines is 2. The van der Waals surface area contributed by atoms with Gasteiger partial charge in [-0.1, -0.05) is 0 Å². The minimum Gasteiger partial charge on any atom is -0.394 e. The maximum Gasteiger partial charge on any atom is 0.228 e. The van der Waals surface area contributed by atoms with Crippen LogP contribution in [0.5, 0.6) is 0 Å². The highest BCUT2D eigenvalue weighted by molar-refractivity contribution is 5.93. The number of nitrogens with zero attached hydrogens (tertiary/aromatic N) is 2. The Kier molecular flexibility index (Phi) is 3.86. The second kappa shape index (κ2) is 5.39. The Morgan fingerprint density at radius 1 is 1.61 bits per heavy atom. The number of nitrogens with two attached hydrogens (primary N) is 1. The summed E-state index contributed by atoms with van der Waals surface area (Å²) >= 11 is 0. The summed E-state index contributed by atoms with van der Waals surface area (Å²) in [6.45, 7) is 2.57. The van der Waals surface area contributed by atoms with Crippen molar-refractivity contribution in [2.75, 3.05) is 17.7 Å². The molecule has 1 aromatic heterocycles. The van der Waals surface area contributed by atoms with Crippen molar-refractivity contribution in [2.45, 2.75) is 38.7 Å². The van der Waals surface area contributed by atoms with E-state index < -0.39 is 0 Å². The average molecular weight is 252 g/mol. The number of rotatable bonds is 3. The largest absolute Gasteiger partial charge is 0.394 e. The highest BCUT2D eigenvalue weighted by Gasteiger charge is 2.19. The van der Waals surface area contributed by atoms with Crippen LogP contribution in [0.4, 0.5) is 11.5 Å². The first kappa shape index (κ1) is 12.9. The van der Waals surface area contributed by atoms with Crippen molar-refractivity contribution in [3.8, 4) is 0 Å². The number of aryl methyl sites for hydroxylation is 2. The van der Waals surface area contributed by atoms with Crippen LogP contribution in [-0.2, 0) is 16.6 Å². The van der Waals surface area contributed by atoms with E-state index in [1.54, 1.807) is 11.7 Å². The lowest BCUT2D eigenvalue weighted by Gasteiger charge is -2.21. The third-order valence-electron chi connectivity index (χ3n) is 3.21. The fourth-order valence-corrected chi connectivity index (χ4v) is 2.18. The number of aromatic nitrogens is 2. The monoisotopic (exact) mass is 252 g/mol. The third kappa shape index (κ3) is 2.81. The standard InChI is InChI=1S/C12H20N4O2/c1-8-11(13)12(16(2)15-8)14-10(17)7-9-5-3-4-6-18-9/h9H,3-7,13H2,1-2H3,(H,14,17). The van der Waals surface area contributed by atoms with Gasteiger partial charge >= 0.3 is 0 Å². The molecule has 1 atom stereocenters. The number of hydrogen-bond acceptors (Lipinski definition) is 4. The normalized spacial score (nSPS) is 19.8. The van der Waals surface area contributed by atoms with Gasteiger partial charge in [-0.15, -0.1) is 0 Å². The molecule has 1 saturated heterocycles. The molecule has 6 heteroatoms. The molecule has 100 valence electrons. The van der Waals surface area contributed by atoms with E-state index in [-0.39, 0.29) is 12.0 Å². The number of hydrogen-bond donors (Lipinski definition) is 2. The number of carbonyl (C=O) groups excluding carboxylic acids is 1. The van der Waals surface area contributed by atoms with Crippen LogP contribution in [0.25, 0.3) is 0 Å². The Morgan fingerprint density at radius 3 is 2.94 bits per heavy atom. The molecule has 0 bridgehead atoms. The molecule has 1 aromatic rings. The quantitative estimate of drug-likeness (QED) is 0.847. The van der Waals surface area contributed by atoms with Gasteiger partial charge in [0.25, 0.3) is 0 Å². The lowest BCUT2D eigenvalue weighted by Crippen LogP contribution is -2.26. The van der Waals surface area contributed by atoms with E-state index >= 15 is 0 Å². The van der Waals surface area contributed by atoms with Crippen molar-refractivity contribution in [3.63, 3.8) is 0 Å². The fraction of sp³-hybridized carbons (Fsp3) is 0.667. The van der Waals surface area contributed by atoms with Gasteiger partial charge in [0.05, 0.1) is 23.9 Å². The van der Waals surface area contributed by atoms with Crippen molar-refractivity contribution >= 4 is 17.4 Å². The minimum absolute atomic E-state index is 0.0364. The Morgan fingerprint density at radius 2 is 2.39 bits per heavy atom. The molecule has 0 aliphatic carbocycles. The van der Waals surface area contributed by atoms with Crippen molar-refractivity contribution in [1.82, 2.24) is 9.78 Å². The molecule has 6 nitrogen and oxygen atoms in total. The number of ether oxygens (including phenoxy) is 1. The van der Waals surface area contributed by atoms with Crippen LogP contribution in [-0.4, -0.2) is 28.4 Å². The summed E-state index contributed by atoms with van der Waals surface area (Å²) in [7, 11) is 1.76. The summed E-state index contributed by atoms with van der Waals surface area (Å²) < 4.78 is 7.13. The lowest BCUT2D eigenvalue weighted by molar-refractivity contribution is -0.119. The van der Waals surface area contributed by atoms with Gasteiger partial charge in [0.1, 0.15) is 0 Å². The fourth-order valence-electron chi connectivity index (χ4n) is 2.18. The molecule has 0 radical (unpaired) electrons. The van der Waals surface area contributed by atoms with Gasteiger partial charge in [-0.2, -0.15) is 5.10 Å². The molecule has 0 aromatic carbocycles. The van der Waals surface area contributed by atoms with Gasteiger partial charge < -0.3 is 15.8 Å². The van der Waals surface area contributed by atoms with Gasteiger partial charge in [0, 0.05) is 13.7 Å². The van der Waals surface area contributed by atoms with Crippen LogP contribution < -0.4 is 11.1 Å². The van der Waals surface area contributed by atoms with Gasteiger partial charge in [0.2, 0.25) is 5.91 Å². The Bertz CT molecular complexity index is 436. The zero-order valence-corrected chi connectivity index (χ0v) is 10.9. The van der Waals surface area contributed by atoms with Crippen molar-refractivity contribution in [1.29, 1.82) is 0 Å². The molecule has 1 amide bonds. The molecule has 1 aliphatic rings. The molecule has 2 heterocycles. The number of nitrogens with one attached hydrogen (secondary N) is 1. The highest BCUT2D eigenvalue weighted by atomic mass is 16.5. The van der Waals surface area contributed by atoms with Gasteiger partial charge in [0.15, 0.2) is 5.82 Å². The van der Waals surface area contributed by atoms with Crippen LogP contribution in [0, 0.1) is 6.92 Å². The molecule has 2 rings (SSSR count). The molecule has 1 fully saturated rings. The molecule has 1 aliphatic heterocycles.